The molecule has 0 aromatic heterocycles. The van der Waals surface area contributed by atoms with Crippen molar-refractivity contribution >= 4 is 24.8 Å². The molecule has 1 fully saturated rings. The number of hydrogen-bond acceptors (Lipinski definition) is 8. The summed E-state index contributed by atoms with van der Waals surface area (Å²) in [5.74, 6) is 4.20. The number of halogens is 2. The quantitative estimate of drug-likeness (QED) is 0.215. The molecule has 0 amide bonds. The summed E-state index contributed by atoms with van der Waals surface area (Å²) in [7, 11) is 9.94. The lowest BCUT2D eigenvalue weighted by molar-refractivity contribution is 0.251. The van der Waals surface area contributed by atoms with Crippen LogP contribution in [0.25, 0.3) is 0 Å². The first-order chi connectivity index (χ1) is 19.1. The molecule has 0 bridgehead atoms. The molecule has 234 valence electrons. The first-order valence-corrected chi connectivity index (χ1v) is 14.1. The lowest BCUT2D eigenvalue weighted by Crippen LogP contribution is -2.32. The molecule has 0 N–H and O–H groups in total. The zero-order valence-electron chi connectivity index (χ0n) is 25.7. The Morgan fingerprint density at radius 3 is 1.12 bits per heavy atom. The second kappa shape index (κ2) is 19.8. The van der Waals surface area contributed by atoms with E-state index in [4.69, 9.17) is 28.4 Å². The predicted octanol–water partition coefficient (Wildman–Crippen LogP) is 5.94. The molecule has 1 aliphatic rings. The van der Waals surface area contributed by atoms with Crippen LogP contribution in [0.5, 0.6) is 34.5 Å². The summed E-state index contributed by atoms with van der Waals surface area (Å²) in [6.45, 7) is 6.98. The molecule has 10 heteroatoms. The van der Waals surface area contributed by atoms with Crippen LogP contribution >= 0.6 is 24.8 Å². The summed E-state index contributed by atoms with van der Waals surface area (Å²) in [5, 5.41) is 0. The second-order valence-corrected chi connectivity index (χ2v) is 10.0. The number of unbranched alkanes of at least 4 members (excludes halogenated alkanes) is 2. The number of nitrogens with zero attached hydrogens (tertiary/aromatic N) is 2. The first-order valence-electron chi connectivity index (χ1n) is 14.1. The maximum absolute atomic E-state index is 5.50. The fourth-order valence-corrected chi connectivity index (χ4v) is 5.36. The number of methoxy groups -OCH3 is 6. The Morgan fingerprint density at radius 1 is 0.488 bits per heavy atom. The van der Waals surface area contributed by atoms with E-state index < -0.39 is 0 Å². The Hall–Kier alpha value is -2.26. The number of benzene rings is 2. The fourth-order valence-electron chi connectivity index (χ4n) is 5.36. The van der Waals surface area contributed by atoms with Gasteiger partial charge in [-0.05, 0) is 107 Å². The molecule has 41 heavy (non-hydrogen) atoms. The van der Waals surface area contributed by atoms with Gasteiger partial charge in [-0.25, -0.2) is 0 Å². The third-order valence-electron chi connectivity index (χ3n) is 7.51. The normalized spacial score (nSPS) is 13.8. The van der Waals surface area contributed by atoms with E-state index in [0.717, 1.165) is 74.9 Å². The molecule has 0 atom stereocenters. The van der Waals surface area contributed by atoms with Crippen molar-refractivity contribution in [2.75, 3.05) is 81.9 Å². The third kappa shape index (κ3) is 10.8. The highest BCUT2D eigenvalue weighted by molar-refractivity contribution is 5.85. The van der Waals surface area contributed by atoms with Gasteiger partial charge in [0, 0.05) is 13.1 Å². The van der Waals surface area contributed by atoms with Crippen LogP contribution in [-0.2, 0) is 12.8 Å². The van der Waals surface area contributed by atoms with E-state index in [-0.39, 0.29) is 24.8 Å². The lowest BCUT2D eigenvalue weighted by Gasteiger charge is -2.22. The average Bonchev–Trinajstić information content (AvgIpc) is 3.21. The van der Waals surface area contributed by atoms with Crippen molar-refractivity contribution in [1.82, 2.24) is 9.80 Å². The van der Waals surface area contributed by atoms with Gasteiger partial charge in [0.1, 0.15) is 0 Å². The van der Waals surface area contributed by atoms with Crippen molar-refractivity contribution in [3.05, 3.63) is 35.4 Å². The molecule has 0 spiro atoms. The summed E-state index contributed by atoms with van der Waals surface area (Å²) < 4.78 is 32.9. The molecular weight excluding hydrogens is 567 g/mol. The molecule has 2 aromatic rings. The van der Waals surface area contributed by atoms with Crippen molar-refractivity contribution in [2.45, 2.75) is 44.9 Å². The minimum Gasteiger partial charge on any atom is -0.493 e. The highest BCUT2D eigenvalue weighted by atomic mass is 35.5. The fraction of sp³-hybridized carbons (Fsp3) is 0.613. The van der Waals surface area contributed by atoms with Gasteiger partial charge in [-0.15, -0.1) is 24.8 Å². The highest BCUT2D eigenvalue weighted by Gasteiger charge is 2.16. The van der Waals surface area contributed by atoms with Crippen molar-refractivity contribution in [2.24, 2.45) is 0 Å². The van der Waals surface area contributed by atoms with Crippen LogP contribution in [0.1, 0.15) is 43.2 Å². The molecular formula is C31H50Cl2N2O6. The molecule has 0 aliphatic carbocycles. The van der Waals surface area contributed by atoms with E-state index in [1.165, 1.54) is 43.5 Å². The predicted molar refractivity (Wildman–Crippen MR) is 170 cm³/mol. The van der Waals surface area contributed by atoms with E-state index in [0.29, 0.717) is 11.5 Å². The number of ether oxygens (including phenoxy) is 6. The van der Waals surface area contributed by atoms with Gasteiger partial charge in [0.25, 0.3) is 0 Å². The van der Waals surface area contributed by atoms with Crippen LogP contribution in [-0.4, -0.2) is 91.7 Å². The molecule has 0 radical (unpaired) electrons. The molecule has 1 saturated heterocycles. The van der Waals surface area contributed by atoms with Crippen molar-refractivity contribution < 1.29 is 28.4 Å². The summed E-state index contributed by atoms with van der Waals surface area (Å²) in [6.07, 6.45) is 7.89. The van der Waals surface area contributed by atoms with Crippen LogP contribution in [0.15, 0.2) is 24.3 Å². The maximum atomic E-state index is 5.50. The van der Waals surface area contributed by atoms with Crippen LogP contribution in [0, 0.1) is 0 Å². The zero-order chi connectivity index (χ0) is 28.0. The first kappa shape index (κ1) is 36.8. The summed E-state index contributed by atoms with van der Waals surface area (Å²) in [4.78, 5) is 5.26. The molecule has 0 unspecified atom stereocenters. The molecule has 8 nitrogen and oxygen atoms in total. The third-order valence-corrected chi connectivity index (χ3v) is 7.51. The molecule has 1 heterocycles. The van der Waals surface area contributed by atoms with Crippen LogP contribution in [0.4, 0.5) is 0 Å². The minimum atomic E-state index is 0. The van der Waals surface area contributed by atoms with Gasteiger partial charge < -0.3 is 38.2 Å². The zero-order valence-corrected chi connectivity index (χ0v) is 27.3. The minimum absolute atomic E-state index is 0. The highest BCUT2D eigenvalue weighted by Crippen LogP contribution is 2.39. The van der Waals surface area contributed by atoms with Gasteiger partial charge >= 0.3 is 0 Å². The Morgan fingerprint density at radius 2 is 0.829 bits per heavy atom. The number of hydrogen-bond donors (Lipinski definition) is 0. The van der Waals surface area contributed by atoms with E-state index in [2.05, 4.69) is 34.1 Å². The van der Waals surface area contributed by atoms with Crippen LogP contribution in [0.3, 0.4) is 0 Å². The van der Waals surface area contributed by atoms with E-state index in [1.54, 1.807) is 42.7 Å². The molecule has 3 rings (SSSR count). The van der Waals surface area contributed by atoms with E-state index >= 15 is 0 Å². The summed E-state index contributed by atoms with van der Waals surface area (Å²) in [6, 6.07) is 8.25. The largest absolute Gasteiger partial charge is 0.493 e. The van der Waals surface area contributed by atoms with Crippen molar-refractivity contribution in [1.29, 1.82) is 0 Å². The molecule has 0 saturated carbocycles. The van der Waals surface area contributed by atoms with Crippen molar-refractivity contribution in [3.8, 4) is 34.5 Å². The van der Waals surface area contributed by atoms with E-state index in [1.807, 2.05) is 0 Å². The van der Waals surface area contributed by atoms with Crippen LogP contribution < -0.4 is 28.4 Å². The van der Waals surface area contributed by atoms with Crippen LogP contribution in [0.2, 0.25) is 0 Å². The second-order valence-electron chi connectivity index (χ2n) is 10.0. The monoisotopic (exact) mass is 616 g/mol. The Labute approximate surface area is 259 Å². The lowest BCUT2D eigenvalue weighted by atomic mass is 10.1. The SMILES string of the molecule is COc1cc(CCCCN2CCCN(CCCCc3cc(OC)c(OC)c(OC)c3)CC2)cc(OC)c1OC.Cl.Cl. The Kier molecular flexibility index (Phi) is 17.7. The molecule has 1 aliphatic heterocycles. The summed E-state index contributed by atoms with van der Waals surface area (Å²) in [5.41, 5.74) is 2.44. The maximum Gasteiger partial charge on any atom is 0.203 e. The topological polar surface area (TPSA) is 61.9 Å². The van der Waals surface area contributed by atoms with Crippen molar-refractivity contribution in [3.63, 3.8) is 0 Å². The standard InChI is InChI=1S/C31H48N2O6.2ClH/c1-34-26-20-24(21-27(35-2)30(26)38-5)12-7-9-14-32-16-11-17-33(19-18-32)15-10-8-13-25-22-28(36-3)31(39-6)29(23-25)37-4;;/h20-23H,7-19H2,1-6H3;2*1H. The van der Waals surface area contributed by atoms with Gasteiger partial charge in [0.05, 0.1) is 42.7 Å². The van der Waals surface area contributed by atoms with Gasteiger partial charge in [-0.1, -0.05) is 0 Å². The molecule has 2 aromatic carbocycles. The Bertz CT molecular complexity index is 897. The Balaban J connectivity index is 0.00000420. The van der Waals surface area contributed by atoms with Gasteiger partial charge in [-0.2, -0.15) is 0 Å². The van der Waals surface area contributed by atoms with E-state index in [9.17, 15) is 0 Å². The summed E-state index contributed by atoms with van der Waals surface area (Å²) >= 11 is 0. The average molecular weight is 618 g/mol. The number of aryl methyl sites for hydroxylation is 2. The number of rotatable bonds is 16. The van der Waals surface area contributed by atoms with Gasteiger partial charge in [0.2, 0.25) is 11.5 Å². The smallest absolute Gasteiger partial charge is 0.203 e. The van der Waals surface area contributed by atoms with Gasteiger partial charge in [0.15, 0.2) is 23.0 Å². The van der Waals surface area contributed by atoms with Gasteiger partial charge in [-0.3, -0.25) is 0 Å².